The molecule has 2 amide bonds. The van der Waals surface area contributed by atoms with Crippen molar-refractivity contribution >= 4 is 50.0 Å². The largest absolute Gasteiger partial charge is 0.497 e. The Morgan fingerprint density at radius 3 is 2.38 bits per heavy atom. The van der Waals surface area contributed by atoms with Gasteiger partial charge in [-0.3, -0.25) is 13.9 Å². The zero-order valence-corrected chi connectivity index (χ0v) is 27.2. The van der Waals surface area contributed by atoms with Crippen LogP contribution >= 0.6 is 11.3 Å². The van der Waals surface area contributed by atoms with E-state index in [4.69, 9.17) is 19.0 Å². The van der Waals surface area contributed by atoms with E-state index in [9.17, 15) is 22.8 Å². The van der Waals surface area contributed by atoms with Crippen molar-refractivity contribution in [2.45, 2.75) is 51.7 Å². The number of methoxy groups -OCH3 is 1. The first-order valence-electron chi connectivity index (χ1n) is 13.6. The number of nitrogens with zero attached hydrogens (tertiary/aromatic N) is 2. The molecule has 244 valence electrons. The zero-order valence-electron chi connectivity index (χ0n) is 25.6. The molecule has 0 aliphatic heterocycles. The Balaban J connectivity index is 1.85. The van der Waals surface area contributed by atoms with Crippen LogP contribution in [-0.4, -0.2) is 57.3 Å². The van der Waals surface area contributed by atoms with Gasteiger partial charge in [-0.25, -0.2) is 27.4 Å². The molecule has 0 radical (unpaired) electrons. The summed E-state index contributed by atoms with van der Waals surface area (Å²) in [6.07, 6.45) is -0.924. The number of aromatic nitrogens is 1. The van der Waals surface area contributed by atoms with Gasteiger partial charge in [0, 0.05) is 0 Å². The average Bonchev–Trinajstić information content (AvgIpc) is 3.44. The normalized spacial score (nSPS) is 11.6. The molecule has 3 rings (SSSR count). The first-order valence-corrected chi connectivity index (χ1v) is 15.9. The number of rotatable bonds is 13. The number of anilines is 2. The monoisotopic (exact) mass is 666 g/mol. The van der Waals surface area contributed by atoms with Gasteiger partial charge in [0.1, 0.15) is 22.2 Å². The molecule has 2 N–H and O–H groups in total. The number of hydrogen-bond acceptors (Lipinski definition) is 11. The van der Waals surface area contributed by atoms with Crippen molar-refractivity contribution in [1.82, 2.24) is 10.5 Å². The fraction of sp³-hybridized carbons (Fsp3) is 0.379. The Bertz CT molecular complexity index is 1600. The highest BCUT2D eigenvalue weighted by Gasteiger charge is 2.32. The number of sulfonamides is 1. The van der Waals surface area contributed by atoms with Crippen LogP contribution in [0.1, 0.15) is 50.7 Å². The standard InChI is InChI=1S/C29H35FN4O9S2/c1-18(2)15-41-27(36)25-26(44-17-31-25)34(14-19-7-9-20(40-6)10-8-19)45(38,39)21-11-12-23(22(30)13-21)32-24(35)16-42-33-28(37)43-29(3,4)5/h7-13,17-18H,14-16H2,1-6H3,(H,32,35)(H,33,37). The maximum absolute atomic E-state index is 15.2. The number of thiazole rings is 1. The SMILES string of the molecule is COc1ccc(CN(c2scnc2C(=O)OCC(C)C)S(=O)(=O)c2ccc(NC(=O)CONC(=O)OC(C)(C)C)c(F)c2)cc1. The van der Waals surface area contributed by atoms with Crippen LogP contribution in [0.5, 0.6) is 5.75 Å². The van der Waals surface area contributed by atoms with Crippen molar-refractivity contribution < 1.29 is 46.2 Å². The van der Waals surface area contributed by atoms with Crippen molar-refractivity contribution in [2.24, 2.45) is 5.92 Å². The Morgan fingerprint density at radius 2 is 1.78 bits per heavy atom. The number of benzene rings is 2. The number of hydrogen-bond donors (Lipinski definition) is 2. The smallest absolute Gasteiger partial charge is 0.431 e. The minimum atomic E-state index is -4.51. The van der Waals surface area contributed by atoms with Crippen LogP contribution in [-0.2, 0) is 35.7 Å². The van der Waals surface area contributed by atoms with Crippen molar-refractivity contribution in [3.05, 3.63) is 65.0 Å². The lowest BCUT2D eigenvalue weighted by molar-refractivity contribution is -0.123. The van der Waals surface area contributed by atoms with E-state index in [-0.39, 0.29) is 35.5 Å². The van der Waals surface area contributed by atoms with Gasteiger partial charge in [0.2, 0.25) is 0 Å². The number of carbonyl (C=O) groups is 3. The first kappa shape index (κ1) is 35.2. The Labute approximate surface area is 264 Å². The van der Waals surface area contributed by atoms with E-state index in [1.165, 1.54) is 12.6 Å². The lowest BCUT2D eigenvalue weighted by atomic mass is 10.2. The molecule has 0 spiro atoms. The topological polar surface area (TPSA) is 162 Å². The number of carbonyl (C=O) groups excluding carboxylic acids is 3. The summed E-state index contributed by atoms with van der Waals surface area (Å²) < 4.78 is 59.5. The van der Waals surface area contributed by atoms with Crippen LogP contribution in [0, 0.1) is 11.7 Å². The molecule has 0 saturated heterocycles. The van der Waals surface area contributed by atoms with E-state index < -0.39 is 50.9 Å². The van der Waals surface area contributed by atoms with Gasteiger partial charge in [-0.1, -0.05) is 26.0 Å². The highest BCUT2D eigenvalue weighted by atomic mass is 32.2. The molecule has 0 atom stereocenters. The third-order valence-corrected chi connectivity index (χ3v) is 8.27. The summed E-state index contributed by atoms with van der Waals surface area (Å²) in [5.74, 6) is -2.12. The minimum absolute atomic E-state index is 0.0213. The molecule has 13 nitrogen and oxygen atoms in total. The Kier molecular flexibility index (Phi) is 11.8. The van der Waals surface area contributed by atoms with E-state index >= 15 is 4.39 Å². The predicted octanol–water partition coefficient (Wildman–Crippen LogP) is 4.89. The predicted molar refractivity (Wildman–Crippen MR) is 164 cm³/mol. The third kappa shape index (κ3) is 10.1. The molecule has 3 aromatic rings. The molecule has 1 heterocycles. The van der Waals surface area contributed by atoms with E-state index in [1.807, 2.05) is 19.3 Å². The fourth-order valence-electron chi connectivity index (χ4n) is 3.56. The first-order chi connectivity index (χ1) is 21.1. The highest BCUT2D eigenvalue weighted by molar-refractivity contribution is 7.93. The summed E-state index contributed by atoms with van der Waals surface area (Å²) in [6, 6.07) is 9.51. The summed E-state index contributed by atoms with van der Waals surface area (Å²) in [5.41, 5.74) is 2.46. The summed E-state index contributed by atoms with van der Waals surface area (Å²) >= 11 is 0.903. The van der Waals surface area contributed by atoms with Gasteiger partial charge in [-0.15, -0.1) is 11.3 Å². The number of nitrogens with one attached hydrogen (secondary N) is 2. The molecule has 2 aromatic carbocycles. The lowest BCUT2D eigenvalue weighted by Crippen LogP contribution is -2.34. The van der Waals surface area contributed by atoms with Crippen molar-refractivity contribution in [1.29, 1.82) is 0 Å². The molecule has 0 saturated carbocycles. The Morgan fingerprint density at radius 1 is 1.09 bits per heavy atom. The van der Waals surface area contributed by atoms with Gasteiger partial charge in [0.25, 0.3) is 15.9 Å². The van der Waals surface area contributed by atoms with Crippen LogP contribution < -0.4 is 19.8 Å². The van der Waals surface area contributed by atoms with Gasteiger partial charge < -0.3 is 19.5 Å². The summed E-state index contributed by atoms with van der Waals surface area (Å²) in [6.45, 7) is 7.81. The average molecular weight is 667 g/mol. The van der Waals surface area contributed by atoms with Gasteiger partial charge in [-0.05, 0) is 62.6 Å². The van der Waals surface area contributed by atoms with E-state index in [0.29, 0.717) is 11.3 Å². The summed E-state index contributed by atoms with van der Waals surface area (Å²) in [4.78, 5) is 45.1. The van der Waals surface area contributed by atoms with E-state index in [1.54, 1.807) is 45.0 Å². The molecule has 0 aliphatic rings. The van der Waals surface area contributed by atoms with Crippen molar-refractivity contribution in [2.75, 3.05) is 29.9 Å². The molecular formula is C29H35FN4O9S2. The van der Waals surface area contributed by atoms with Gasteiger partial charge in [0.15, 0.2) is 12.3 Å². The molecule has 16 heteroatoms. The summed E-state index contributed by atoms with van der Waals surface area (Å²) in [5, 5.41) is 2.22. The molecule has 0 unspecified atom stereocenters. The number of halogens is 1. The lowest BCUT2D eigenvalue weighted by Gasteiger charge is -2.24. The van der Waals surface area contributed by atoms with E-state index in [0.717, 1.165) is 33.8 Å². The maximum Gasteiger partial charge on any atom is 0.431 e. The second kappa shape index (κ2) is 15.1. The van der Waals surface area contributed by atoms with Crippen molar-refractivity contribution in [3.63, 3.8) is 0 Å². The zero-order chi connectivity index (χ0) is 33.4. The van der Waals surface area contributed by atoms with Gasteiger partial charge in [0.05, 0.1) is 36.4 Å². The van der Waals surface area contributed by atoms with Crippen LogP contribution in [0.4, 0.5) is 19.9 Å². The number of esters is 1. The van der Waals surface area contributed by atoms with Crippen LogP contribution in [0.15, 0.2) is 52.9 Å². The van der Waals surface area contributed by atoms with E-state index in [2.05, 4.69) is 10.3 Å². The quantitative estimate of drug-likeness (QED) is 0.190. The number of amides is 2. The molecule has 0 aliphatic carbocycles. The minimum Gasteiger partial charge on any atom is -0.497 e. The molecule has 1 aromatic heterocycles. The molecule has 45 heavy (non-hydrogen) atoms. The highest BCUT2D eigenvalue weighted by Crippen LogP contribution is 2.34. The van der Waals surface area contributed by atoms with Crippen LogP contribution in [0.25, 0.3) is 0 Å². The van der Waals surface area contributed by atoms with Crippen molar-refractivity contribution in [3.8, 4) is 5.75 Å². The number of ether oxygens (including phenoxy) is 3. The molecular weight excluding hydrogens is 631 g/mol. The maximum atomic E-state index is 15.2. The Hall–Kier alpha value is -4.28. The molecule has 0 bridgehead atoms. The third-order valence-electron chi connectivity index (χ3n) is 5.56. The van der Waals surface area contributed by atoms with Crippen LogP contribution in [0.3, 0.4) is 0 Å². The van der Waals surface area contributed by atoms with Gasteiger partial charge >= 0.3 is 12.1 Å². The second-order valence-electron chi connectivity index (χ2n) is 10.9. The molecule has 0 fully saturated rings. The fourth-order valence-corrected chi connectivity index (χ4v) is 6.04. The summed E-state index contributed by atoms with van der Waals surface area (Å²) in [7, 11) is -3.01. The number of hydroxylamine groups is 1. The second-order valence-corrected chi connectivity index (χ2v) is 13.6. The van der Waals surface area contributed by atoms with Crippen LogP contribution in [0.2, 0.25) is 0 Å². The van der Waals surface area contributed by atoms with Gasteiger partial charge in [-0.2, -0.15) is 5.48 Å².